The molecule has 0 spiro atoms. The topological polar surface area (TPSA) is 102 Å². The molecule has 0 atom stereocenters. The molecule has 1 aliphatic rings. The number of hydrogen-bond acceptors (Lipinski definition) is 7. The molecule has 0 aromatic carbocycles. The van der Waals surface area contributed by atoms with E-state index in [0.717, 1.165) is 22.7 Å². The maximum atomic E-state index is 12.1. The van der Waals surface area contributed by atoms with Crippen LogP contribution in [0.4, 0.5) is 10.1 Å². The highest BCUT2D eigenvalue weighted by molar-refractivity contribution is 7.18. The van der Waals surface area contributed by atoms with Crippen molar-refractivity contribution in [3.05, 3.63) is 37.7 Å². The number of ketones is 1. The van der Waals surface area contributed by atoms with Gasteiger partial charge in [-0.3, -0.25) is 25.0 Å². The fourth-order valence-electron chi connectivity index (χ4n) is 2.48. The molecule has 1 aliphatic carbocycles. The molecule has 23 heavy (non-hydrogen) atoms. The molecule has 7 nitrogen and oxygen atoms in total. The number of amides is 1. The minimum Gasteiger partial charge on any atom is -0.297 e. The Labute approximate surface area is 139 Å². The van der Waals surface area contributed by atoms with E-state index in [1.54, 1.807) is 0 Å². The molecule has 0 radical (unpaired) electrons. The first kappa shape index (κ1) is 15.8. The molecule has 120 valence electrons. The second-order valence-corrected chi connectivity index (χ2v) is 8.15. The number of fused-ring (bicyclic) bond motifs is 1. The van der Waals surface area contributed by atoms with Crippen molar-refractivity contribution in [1.82, 2.24) is 4.98 Å². The van der Waals surface area contributed by atoms with Gasteiger partial charge in [0.05, 0.1) is 20.4 Å². The smallest absolute Gasteiger partial charge is 0.297 e. The van der Waals surface area contributed by atoms with Crippen LogP contribution < -0.4 is 5.32 Å². The highest BCUT2D eigenvalue weighted by Crippen LogP contribution is 2.38. The van der Waals surface area contributed by atoms with Gasteiger partial charge >= 0.3 is 5.00 Å². The van der Waals surface area contributed by atoms with E-state index in [2.05, 4.69) is 10.3 Å². The summed E-state index contributed by atoms with van der Waals surface area (Å²) in [5.41, 5.74) is 0.581. The normalized spacial score (nSPS) is 16.0. The Balaban J connectivity index is 1.80. The first-order valence-corrected chi connectivity index (χ1v) is 8.47. The summed E-state index contributed by atoms with van der Waals surface area (Å²) in [6.45, 7) is 4.02. The van der Waals surface area contributed by atoms with Crippen molar-refractivity contribution in [1.29, 1.82) is 0 Å². The minimum absolute atomic E-state index is 0.0426. The molecule has 2 heterocycles. The van der Waals surface area contributed by atoms with Crippen molar-refractivity contribution in [2.24, 2.45) is 5.41 Å². The number of nitrogens with zero attached hydrogens (tertiary/aromatic N) is 2. The standard InChI is InChI=1S/C14H13N3O4S2/c1-14(2)5-7-11(8(18)6-14)23-13(15-7)16-12(19)9-3-4-10(22-9)17(20)21/h3-4H,5-6H2,1-2H3,(H,15,16,19). The molecule has 2 aromatic heterocycles. The average molecular weight is 351 g/mol. The highest BCUT2D eigenvalue weighted by atomic mass is 32.1. The number of carbonyl (C=O) groups excluding carboxylic acids is 2. The zero-order valence-electron chi connectivity index (χ0n) is 12.4. The molecule has 3 rings (SSSR count). The van der Waals surface area contributed by atoms with E-state index in [0.29, 0.717) is 28.5 Å². The first-order valence-electron chi connectivity index (χ1n) is 6.84. The molecular weight excluding hydrogens is 338 g/mol. The molecule has 0 aliphatic heterocycles. The summed E-state index contributed by atoms with van der Waals surface area (Å²) in [6.07, 6.45) is 1.15. The summed E-state index contributed by atoms with van der Waals surface area (Å²) in [6, 6.07) is 2.69. The van der Waals surface area contributed by atoms with Gasteiger partial charge in [0.25, 0.3) is 5.91 Å². The van der Waals surface area contributed by atoms with E-state index in [9.17, 15) is 19.7 Å². The summed E-state index contributed by atoms with van der Waals surface area (Å²) in [5, 5.41) is 13.5. The van der Waals surface area contributed by atoms with Crippen LogP contribution in [0.2, 0.25) is 0 Å². The molecule has 0 saturated heterocycles. The molecule has 1 amide bonds. The van der Waals surface area contributed by atoms with Crippen LogP contribution in [0.25, 0.3) is 0 Å². The van der Waals surface area contributed by atoms with Gasteiger partial charge in [0.2, 0.25) is 0 Å². The van der Waals surface area contributed by atoms with Gasteiger partial charge in [0, 0.05) is 12.5 Å². The lowest BCUT2D eigenvalue weighted by Crippen LogP contribution is -2.26. The number of anilines is 1. The Morgan fingerprint density at radius 1 is 1.35 bits per heavy atom. The van der Waals surface area contributed by atoms with E-state index in [1.807, 2.05) is 13.8 Å². The van der Waals surface area contributed by atoms with Crippen molar-refractivity contribution in [3.63, 3.8) is 0 Å². The molecule has 9 heteroatoms. The molecule has 1 N–H and O–H groups in total. The second kappa shape index (κ2) is 5.50. The Morgan fingerprint density at radius 3 is 2.74 bits per heavy atom. The Kier molecular flexibility index (Phi) is 3.77. The summed E-state index contributed by atoms with van der Waals surface area (Å²) < 4.78 is 0. The van der Waals surface area contributed by atoms with Gasteiger partial charge in [0.15, 0.2) is 10.9 Å². The predicted molar refractivity (Wildman–Crippen MR) is 87.5 cm³/mol. The molecule has 0 bridgehead atoms. The Hall–Kier alpha value is -2.13. The number of nitrogens with one attached hydrogen (secondary N) is 1. The number of rotatable bonds is 3. The van der Waals surface area contributed by atoms with E-state index in [-0.39, 0.29) is 21.1 Å². The third-order valence-corrected chi connectivity index (χ3v) is 5.54. The Bertz CT molecular complexity index is 822. The van der Waals surface area contributed by atoms with Crippen LogP contribution in [0, 0.1) is 15.5 Å². The highest BCUT2D eigenvalue weighted by Gasteiger charge is 2.34. The van der Waals surface area contributed by atoms with E-state index in [4.69, 9.17) is 0 Å². The number of thiophene rings is 1. The van der Waals surface area contributed by atoms with Crippen molar-refractivity contribution in [2.45, 2.75) is 26.7 Å². The van der Waals surface area contributed by atoms with Crippen LogP contribution in [0.1, 0.15) is 45.3 Å². The number of carbonyl (C=O) groups is 2. The third kappa shape index (κ3) is 3.15. The van der Waals surface area contributed by atoms with Crippen LogP contribution in [-0.4, -0.2) is 21.6 Å². The average Bonchev–Trinajstić information content (AvgIpc) is 3.03. The molecule has 2 aromatic rings. The number of thiazole rings is 1. The van der Waals surface area contributed by atoms with Gasteiger partial charge in [-0.25, -0.2) is 4.98 Å². The SMILES string of the molecule is CC1(C)CC(=O)c2sc(NC(=O)c3ccc([N+](=O)[O-])s3)nc2C1. The fraction of sp³-hybridized carbons (Fsp3) is 0.357. The quantitative estimate of drug-likeness (QED) is 0.673. The van der Waals surface area contributed by atoms with Gasteiger partial charge in [-0.1, -0.05) is 36.5 Å². The van der Waals surface area contributed by atoms with E-state index < -0.39 is 10.8 Å². The molecular formula is C14H13N3O4S2. The lowest BCUT2D eigenvalue weighted by atomic mass is 9.78. The van der Waals surface area contributed by atoms with Crippen molar-refractivity contribution >= 4 is 44.5 Å². The summed E-state index contributed by atoms with van der Waals surface area (Å²) in [7, 11) is 0. The summed E-state index contributed by atoms with van der Waals surface area (Å²) in [4.78, 5) is 39.6. The van der Waals surface area contributed by atoms with Crippen molar-refractivity contribution in [3.8, 4) is 0 Å². The van der Waals surface area contributed by atoms with E-state index in [1.165, 1.54) is 12.1 Å². The number of hydrogen-bond donors (Lipinski definition) is 1. The van der Waals surface area contributed by atoms with Crippen LogP contribution in [0.5, 0.6) is 0 Å². The maximum Gasteiger partial charge on any atom is 0.324 e. The Morgan fingerprint density at radius 2 is 2.09 bits per heavy atom. The third-order valence-electron chi connectivity index (χ3n) is 3.45. The zero-order valence-corrected chi connectivity index (χ0v) is 14.0. The van der Waals surface area contributed by atoms with Crippen LogP contribution in [0.15, 0.2) is 12.1 Å². The minimum atomic E-state index is -0.537. The summed E-state index contributed by atoms with van der Waals surface area (Å²) in [5.74, 6) is -0.415. The number of nitro groups is 1. The van der Waals surface area contributed by atoms with Crippen LogP contribution in [0.3, 0.4) is 0 Å². The van der Waals surface area contributed by atoms with Crippen molar-refractivity contribution in [2.75, 3.05) is 5.32 Å². The monoisotopic (exact) mass is 351 g/mol. The molecule has 0 unspecified atom stereocenters. The fourth-order valence-corrected chi connectivity index (χ4v) is 4.11. The van der Waals surface area contributed by atoms with Crippen molar-refractivity contribution < 1.29 is 14.5 Å². The van der Waals surface area contributed by atoms with Gasteiger partial charge in [-0.15, -0.1) is 0 Å². The molecule has 0 saturated carbocycles. The van der Waals surface area contributed by atoms with E-state index >= 15 is 0 Å². The number of Topliss-reactive ketones (excluding diaryl/α,β-unsaturated/α-hetero) is 1. The largest absolute Gasteiger partial charge is 0.324 e. The van der Waals surface area contributed by atoms with Crippen LogP contribution in [-0.2, 0) is 6.42 Å². The lowest BCUT2D eigenvalue weighted by molar-refractivity contribution is -0.380. The molecule has 0 fully saturated rings. The van der Waals surface area contributed by atoms with Gasteiger partial charge in [0.1, 0.15) is 0 Å². The predicted octanol–water partition coefficient (Wildman–Crippen LogP) is 3.52. The maximum absolute atomic E-state index is 12.1. The zero-order chi connectivity index (χ0) is 16.8. The first-order chi connectivity index (χ1) is 10.7. The number of aromatic nitrogens is 1. The van der Waals surface area contributed by atoms with Gasteiger partial charge in [-0.2, -0.15) is 0 Å². The van der Waals surface area contributed by atoms with Crippen LogP contribution >= 0.6 is 22.7 Å². The van der Waals surface area contributed by atoms with Gasteiger partial charge in [-0.05, 0) is 17.9 Å². The lowest BCUT2D eigenvalue weighted by Gasteiger charge is -2.26. The second-order valence-electron chi connectivity index (χ2n) is 6.08. The summed E-state index contributed by atoms with van der Waals surface area (Å²) >= 11 is 1.96. The van der Waals surface area contributed by atoms with Gasteiger partial charge < -0.3 is 0 Å².